The average Bonchev–Trinajstić information content (AvgIpc) is 2.80. The number of amidine groups is 1. The zero-order valence-corrected chi connectivity index (χ0v) is 9.55. The Hall–Kier alpha value is -1.22. The van der Waals surface area contributed by atoms with E-state index in [1.807, 2.05) is 6.07 Å². The fraction of sp³-hybridized carbons (Fsp3) is 0.250. The third-order valence-corrected chi connectivity index (χ3v) is 3.19. The molecular weight excluding hydrogens is 204 g/mol. The van der Waals surface area contributed by atoms with Crippen molar-refractivity contribution < 1.29 is 0 Å². The van der Waals surface area contributed by atoms with E-state index in [0.29, 0.717) is 0 Å². The van der Waals surface area contributed by atoms with E-state index in [1.54, 1.807) is 11.8 Å². The van der Waals surface area contributed by atoms with Gasteiger partial charge in [-0.25, -0.2) is 0 Å². The summed E-state index contributed by atoms with van der Waals surface area (Å²) in [6.07, 6.45) is 0. The van der Waals surface area contributed by atoms with Crippen LogP contribution in [-0.2, 0) is 0 Å². The molecule has 0 aromatic heterocycles. The van der Waals surface area contributed by atoms with Gasteiger partial charge in [0.05, 0.1) is 6.54 Å². The molecule has 0 fully saturated rings. The average molecular weight is 218 g/mol. The Morgan fingerprint density at radius 2 is 2.20 bits per heavy atom. The highest BCUT2D eigenvalue weighted by Gasteiger charge is 2.03. The molecule has 15 heavy (non-hydrogen) atoms. The topological polar surface area (TPSA) is 24.4 Å². The maximum absolute atomic E-state index is 4.33. The fourth-order valence-corrected chi connectivity index (χ4v) is 2.14. The van der Waals surface area contributed by atoms with E-state index in [4.69, 9.17) is 0 Å². The molecule has 0 spiro atoms. The number of rotatable bonds is 2. The van der Waals surface area contributed by atoms with Crippen LogP contribution in [0, 0.1) is 0 Å². The van der Waals surface area contributed by atoms with Crippen molar-refractivity contribution in [1.29, 1.82) is 0 Å². The Labute approximate surface area is 94.5 Å². The van der Waals surface area contributed by atoms with Gasteiger partial charge < -0.3 is 5.32 Å². The molecule has 78 valence electrons. The minimum atomic E-state index is 0.903. The van der Waals surface area contributed by atoms with Crippen LogP contribution in [0.15, 0.2) is 40.7 Å². The second kappa shape index (κ2) is 5.03. The van der Waals surface area contributed by atoms with Crippen LogP contribution in [0.2, 0.25) is 0 Å². The van der Waals surface area contributed by atoms with Gasteiger partial charge in [-0.3, -0.25) is 4.99 Å². The highest BCUT2D eigenvalue weighted by molar-refractivity contribution is 8.16. The van der Waals surface area contributed by atoms with Gasteiger partial charge in [-0.2, -0.15) is 0 Å². The van der Waals surface area contributed by atoms with Gasteiger partial charge in [0.15, 0.2) is 5.17 Å². The van der Waals surface area contributed by atoms with Gasteiger partial charge >= 0.3 is 0 Å². The van der Waals surface area contributed by atoms with Gasteiger partial charge in [-0.1, -0.05) is 42.1 Å². The Bertz CT molecular complexity index is 382. The van der Waals surface area contributed by atoms with E-state index in [1.165, 1.54) is 11.1 Å². The van der Waals surface area contributed by atoms with Crippen molar-refractivity contribution in [3.05, 3.63) is 41.3 Å². The molecule has 2 rings (SSSR count). The summed E-state index contributed by atoms with van der Waals surface area (Å²) >= 11 is 1.66. The van der Waals surface area contributed by atoms with Crippen molar-refractivity contribution in [1.82, 2.24) is 5.32 Å². The highest BCUT2D eigenvalue weighted by atomic mass is 32.2. The maximum Gasteiger partial charge on any atom is 0.160 e. The normalized spacial score (nSPS) is 16.1. The third-order valence-electron chi connectivity index (χ3n) is 2.22. The van der Waals surface area contributed by atoms with Crippen LogP contribution in [0.3, 0.4) is 0 Å². The van der Waals surface area contributed by atoms with Crippen molar-refractivity contribution in [2.24, 2.45) is 4.99 Å². The van der Waals surface area contributed by atoms with Crippen molar-refractivity contribution >= 4 is 22.5 Å². The highest BCUT2D eigenvalue weighted by Crippen LogP contribution is 2.18. The van der Waals surface area contributed by atoms with Gasteiger partial charge in [0, 0.05) is 6.54 Å². The summed E-state index contributed by atoms with van der Waals surface area (Å²) in [7, 11) is 0. The van der Waals surface area contributed by atoms with Crippen LogP contribution >= 0.6 is 11.8 Å². The number of nitrogens with zero attached hydrogens (tertiary/aromatic N) is 1. The molecule has 2 nitrogen and oxygen atoms in total. The first-order chi connectivity index (χ1) is 7.36. The lowest BCUT2D eigenvalue weighted by Gasteiger charge is -2.01. The van der Waals surface area contributed by atoms with Crippen LogP contribution in [0.1, 0.15) is 12.5 Å². The molecule has 1 aliphatic rings. The van der Waals surface area contributed by atoms with Gasteiger partial charge in [0.25, 0.3) is 0 Å². The second-order valence-electron chi connectivity index (χ2n) is 3.40. The predicted octanol–water partition coefficient (Wildman–Crippen LogP) is 2.74. The van der Waals surface area contributed by atoms with Crippen LogP contribution in [-0.4, -0.2) is 18.3 Å². The monoisotopic (exact) mass is 218 g/mol. The number of benzene rings is 1. The molecule has 0 aliphatic carbocycles. The summed E-state index contributed by atoms with van der Waals surface area (Å²) < 4.78 is 0. The van der Waals surface area contributed by atoms with Crippen molar-refractivity contribution in [3.63, 3.8) is 0 Å². The molecule has 1 heterocycles. The van der Waals surface area contributed by atoms with Crippen molar-refractivity contribution in [2.45, 2.75) is 6.92 Å². The van der Waals surface area contributed by atoms with Crippen LogP contribution in [0.4, 0.5) is 0 Å². The summed E-state index contributed by atoms with van der Waals surface area (Å²) in [6, 6.07) is 10.4. The first kappa shape index (κ1) is 10.3. The molecule has 0 bridgehead atoms. The number of thioether (sulfide) groups is 1. The minimum absolute atomic E-state index is 0.903. The minimum Gasteiger partial charge on any atom is -0.363 e. The van der Waals surface area contributed by atoms with E-state index in [2.05, 4.69) is 46.9 Å². The van der Waals surface area contributed by atoms with E-state index < -0.39 is 0 Å². The molecular formula is C12H14N2S. The number of hydrogen-bond donors (Lipinski definition) is 1. The number of hydrogen-bond acceptors (Lipinski definition) is 3. The fourth-order valence-electron chi connectivity index (χ4n) is 1.37. The molecule has 1 aromatic carbocycles. The summed E-state index contributed by atoms with van der Waals surface area (Å²) in [5, 5.41) is 6.41. The molecule has 0 saturated heterocycles. The molecule has 1 aliphatic heterocycles. The smallest absolute Gasteiger partial charge is 0.160 e. The second-order valence-corrected chi connectivity index (χ2v) is 4.26. The Kier molecular flexibility index (Phi) is 3.45. The molecule has 1 N–H and O–H groups in total. The standard InChI is InChI=1S/C12H14N2S/c1-10(11-5-3-2-4-6-11)9-15-12-13-7-8-14-12/h2-6,9H,7-8H2,1H3,(H,13,14)/b10-9+. The Balaban J connectivity index is 2.01. The zero-order chi connectivity index (χ0) is 10.5. The van der Waals surface area contributed by atoms with Gasteiger partial charge in [0.1, 0.15) is 0 Å². The molecule has 0 radical (unpaired) electrons. The van der Waals surface area contributed by atoms with Crippen LogP contribution in [0.25, 0.3) is 5.57 Å². The lowest BCUT2D eigenvalue weighted by molar-refractivity contribution is 0.963. The summed E-state index contributed by atoms with van der Waals surface area (Å²) in [5.41, 5.74) is 2.54. The summed E-state index contributed by atoms with van der Waals surface area (Å²) in [6.45, 7) is 4.00. The molecule has 0 unspecified atom stereocenters. The predicted molar refractivity (Wildman–Crippen MR) is 68.0 cm³/mol. The van der Waals surface area contributed by atoms with E-state index in [-0.39, 0.29) is 0 Å². The summed E-state index contributed by atoms with van der Waals surface area (Å²) in [4.78, 5) is 4.33. The molecule has 1 aromatic rings. The largest absolute Gasteiger partial charge is 0.363 e. The zero-order valence-electron chi connectivity index (χ0n) is 8.73. The summed E-state index contributed by atoms with van der Waals surface area (Å²) in [5.74, 6) is 0. The first-order valence-corrected chi connectivity index (χ1v) is 5.91. The van der Waals surface area contributed by atoms with Gasteiger partial charge in [0.2, 0.25) is 0 Å². The maximum atomic E-state index is 4.33. The quantitative estimate of drug-likeness (QED) is 0.825. The molecule has 3 heteroatoms. The molecule has 0 atom stereocenters. The first-order valence-electron chi connectivity index (χ1n) is 5.03. The van der Waals surface area contributed by atoms with Crippen LogP contribution in [0.5, 0.6) is 0 Å². The van der Waals surface area contributed by atoms with Crippen LogP contribution < -0.4 is 5.32 Å². The Morgan fingerprint density at radius 3 is 2.87 bits per heavy atom. The number of aliphatic imine (C=N–C) groups is 1. The lowest BCUT2D eigenvalue weighted by Crippen LogP contribution is -2.14. The number of allylic oxidation sites excluding steroid dienone is 1. The van der Waals surface area contributed by atoms with Crippen molar-refractivity contribution in [2.75, 3.05) is 13.1 Å². The lowest BCUT2D eigenvalue weighted by atomic mass is 10.1. The molecule has 0 amide bonds. The Morgan fingerprint density at radius 1 is 1.40 bits per heavy atom. The SMILES string of the molecule is C/C(=C\SC1=NCCN1)c1ccccc1. The van der Waals surface area contributed by atoms with E-state index >= 15 is 0 Å². The van der Waals surface area contributed by atoms with E-state index in [9.17, 15) is 0 Å². The van der Waals surface area contributed by atoms with Gasteiger partial charge in [-0.05, 0) is 23.5 Å². The van der Waals surface area contributed by atoms with E-state index in [0.717, 1.165) is 18.3 Å². The number of nitrogens with one attached hydrogen (secondary N) is 1. The third kappa shape index (κ3) is 2.86. The van der Waals surface area contributed by atoms with Crippen molar-refractivity contribution in [3.8, 4) is 0 Å². The molecule has 0 saturated carbocycles. The van der Waals surface area contributed by atoms with Gasteiger partial charge in [-0.15, -0.1) is 0 Å².